The van der Waals surface area contributed by atoms with Gasteiger partial charge in [0.2, 0.25) is 0 Å². The minimum atomic E-state index is -0.421. The van der Waals surface area contributed by atoms with Crippen molar-refractivity contribution >= 4 is 5.97 Å². The zero-order chi connectivity index (χ0) is 13.4. The molecule has 0 aromatic heterocycles. The monoisotopic (exact) mass is 253 g/mol. The molecule has 0 radical (unpaired) electrons. The summed E-state index contributed by atoms with van der Waals surface area (Å²) in [6, 6.07) is 5.61. The van der Waals surface area contributed by atoms with Crippen molar-refractivity contribution in [1.29, 1.82) is 0 Å². The van der Waals surface area contributed by atoms with E-state index in [1.54, 1.807) is 13.2 Å². The fourth-order valence-electron chi connectivity index (χ4n) is 1.47. The molecule has 0 amide bonds. The number of carbonyl (C=O) groups is 1. The summed E-state index contributed by atoms with van der Waals surface area (Å²) in [5.41, 5.74) is 0.945. The van der Waals surface area contributed by atoms with Gasteiger partial charge in [-0.1, -0.05) is 19.1 Å². The lowest BCUT2D eigenvalue weighted by molar-refractivity contribution is -0.142. The Bertz CT molecular complexity index is 393. The average Bonchev–Trinajstić information content (AvgIpc) is 2.42. The first-order valence-corrected chi connectivity index (χ1v) is 5.79. The first kappa shape index (κ1) is 14.3. The first-order valence-electron chi connectivity index (χ1n) is 5.79. The fourth-order valence-corrected chi connectivity index (χ4v) is 1.47. The molecule has 100 valence electrons. The van der Waals surface area contributed by atoms with Crippen LogP contribution in [0.25, 0.3) is 0 Å². The second-order valence-corrected chi connectivity index (χ2v) is 3.59. The number of nitrogens with one attached hydrogen (secondary N) is 1. The van der Waals surface area contributed by atoms with Gasteiger partial charge in [0.1, 0.15) is 0 Å². The van der Waals surface area contributed by atoms with Crippen molar-refractivity contribution in [2.45, 2.75) is 13.5 Å². The van der Waals surface area contributed by atoms with Crippen molar-refractivity contribution in [3.63, 3.8) is 0 Å². The number of esters is 1. The van der Waals surface area contributed by atoms with E-state index in [1.807, 2.05) is 19.1 Å². The molecule has 1 aromatic carbocycles. The van der Waals surface area contributed by atoms with E-state index >= 15 is 0 Å². The van der Waals surface area contributed by atoms with Crippen molar-refractivity contribution in [3.05, 3.63) is 23.8 Å². The van der Waals surface area contributed by atoms with Gasteiger partial charge in [-0.05, 0) is 12.6 Å². The summed E-state index contributed by atoms with van der Waals surface area (Å²) in [7, 11) is 2.89. The smallest absolute Gasteiger partial charge is 0.343 e. The van der Waals surface area contributed by atoms with Gasteiger partial charge in [0.05, 0.1) is 14.2 Å². The highest BCUT2D eigenvalue weighted by Gasteiger charge is 2.12. The maximum Gasteiger partial charge on any atom is 0.343 e. The summed E-state index contributed by atoms with van der Waals surface area (Å²) in [6.07, 6.45) is 0. The first-order chi connectivity index (χ1) is 8.72. The van der Waals surface area contributed by atoms with Crippen LogP contribution in [0.5, 0.6) is 11.5 Å². The molecule has 0 fully saturated rings. The normalized spacial score (nSPS) is 9.94. The van der Waals surface area contributed by atoms with Crippen molar-refractivity contribution in [3.8, 4) is 11.5 Å². The standard InChI is InChI=1S/C13H19NO4/c1-4-14-8-10-6-5-7-11(16-2)13(10)18-9-12(15)17-3/h5-7,14H,4,8-9H2,1-3H3. The number of hydrogen-bond donors (Lipinski definition) is 1. The molecule has 0 atom stereocenters. The van der Waals surface area contributed by atoms with E-state index in [-0.39, 0.29) is 6.61 Å². The van der Waals surface area contributed by atoms with E-state index in [9.17, 15) is 4.79 Å². The number of hydrogen-bond acceptors (Lipinski definition) is 5. The lowest BCUT2D eigenvalue weighted by Gasteiger charge is -2.14. The van der Waals surface area contributed by atoms with Crippen LogP contribution in [0.1, 0.15) is 12.5 Å². The number of para-hydroxylation sites is 1. The third kappa shape index (κ3) is 3.92. The molecule has 0 spiro atoms. The molecular weight excluding hydrogens is 234 g/mol. The second kappa shape index (κ2) is 7.55. The Morgan fingerprint density at radius 2 is 2.11 bits per heavy atom. The van der Waals surface area contributed by atoms with Gasteiger partial charge in [-0.15, -0.1) is 0 Å². The van der Waals surface area contributed by atoms with Crippen molar-refractivity contribution in [2.75, 3.05) is 27.4 Å². The van der Waals surface area contributed by atoms with Gasteiger partial charge in [-0.2, -0.15) is 0 Å². The zero-order valence-electron chi connectivity index (χ0n) is 11.0. The highest BCUT2D eigenvalue weighted by Crippen LogP contribution is 2.31. The molecule has 0 aliphatic rings. The molecule has 0 bridgehead atoms. The van der Waals surface area contributed by atoms with Crippen LogP contribution in [0.3, 0.4) is 0 Å². The maximum absolute atomic E-state index is 11.1. The second-order valence-electron chi connectivity index (χ2n) is 3.59. The number of rotatable bonds is 7. The minimum absolute atomic E-state index is 0.129. The summed E-state index contributed by atoms with van der Waals surface area (Å²) in [4.78, 5) is 11.1. The van der Waals surface area contributed by atoms with Crippen molar-refractivity contribution in [1.82, 2.24) is 5.32 Å². The molecule has 1 rings (SSSR count). The third-order valence-corrected chi connectivity index (χ3v) is 2.41. The van der Waals surface area contributed by atoms with Crippen LogP contribution < -0.4 is 14.8 Å². The summed E-state index contributed by atoms with van der Waals surface area (Å²) in [5, 5.41) is 3.21. The molecule has 1 N–H and O–H groups in total. The molecule has 1 aromatic rings. The Morgan fingerprint density at radius 1 is 1.33 bits per heavy atom. The van der Waals surface area contributed by atoms with Gasteiger partial charge in [0, 0.05) is 12.1 Å². The van der Waals surface area contributed by atoms with E-state index in [0.29, 0.717) is 18.0 Å². The van der Waals surface area contributed by atoms with Crippen LogP contribution >= 0.6 is 0 Å². The van der Waals surface area contributed by atoms with E-state index in [1.165, 1.54) is 7.11 Å². The Hall–Kier alpha value is -1.75. The van der Waals surface area contributed by atoms with Crippen LogP contribution in [0.15, 0.2) is 18.2 Å². The highest BCUT2D eigenvalue weighted by molar-refractivity contribution is 5.71. The number of ether oxygens (including phenoxy) is 3. The lowest BCUT2D eigenvalue weighted by Crippen LogP contribution is -2.16. The van der Waals surface area contributed by atoms with Crippen LogP contribution in [-0.2, 0) is 16.1 Å². The Labute approximate surface area is 107 Å². The largest absolute Gasteiger partial charge is 0.493 e. The Morgan fingerprint density at radius 3 is 2.72 bits per heavy atom. The molecule has 0 heterocycles. The molecule has 5 heteroatoms. The topological polar surface area (TPSA) is 56.8 Å². The van der Waals surface area contributed by atoms with Gasteiger partial charge in [-0.25, -0.2) is 4.79 Å². The van der Waals surface area contributed by atoms with Gasteiger partial charge in [-0.3, -0.25) is 0 Å². The Kier molecular flexibility index (Phi) is 6.00. The molecule has 0 unspecified atom stereocenters. The van der Waals surface area contributed by atoms with Crippen LogP contribution in [-0.4, -0.2) is 33.3 Å². The minimum Gasteiger partial charge on any atom is -0.493 e. The Balaban J connectivity index is 2.85. The molecule has 0 saturated heterocycles. The lowest BCUT2D eigenvalue weighted by atomic mass is 10.2. The summed E-state index contributed by atoms with van der Waals surface area (Å²) >= 11 is 0. The molecule has 0 aliphatic carbocycles. The summed E-state index contributed by atoms with van der Waals surface area (Å²) in [5.74, 6) is 0.760. The SMILES string of the molecule is CCNCc1cccc(OC)c1OCC(=O)OC. The van der Waals surface area contributed by atoms with E-state index in [2.05, 4.69) is 10.1 Å². The average molecular weight is 253 g/mol. The predicted octanol–water partition coefficient (Wildman–Crippen LogP) is 1.36. The number of carbonyl (C=O) groups excluding carboxylic acids is 1. The molecular formula is C13H19NO4. The van der Waals surface area contributed by atoms with Gasteiger partial charge in [0.25, 0.3) is 0 Å². The summed E-state index contributed by atoms with van der Waals surface area (Å²) < 4.78 is 15.2. The molecule has 0 aliphatic heterocycles. The van der Waals surface area contributed by atoms with Gasteiger partial charge in [0.15, 0.2) is 18.1 Å². The van der Waals surface area contributed by atoms with Crippen LogP contribution in [0.2, 0.25) is 0 Å². The molecule has 0 saturated carbocycles. The molecule has 18 heavy (non-hydrogen) atoms. The maximum atomic E-state index is 11.1. The predicted molar refractivity (Wildman–Crippen MR) is 67.9 cm³/mol. The van der Waals surface area contributed by atoms with Crippen LogP contribution in [0.4, 0.5) is 0 Å². The van der Waals surface area contributed by atoms with E-state index in [4.69, 9.17) is 9.47 Å². The quantitative estimate of drug-likeness (QED) is 0.743. The van der Waals surface area contributed by atoms with Crippen molar-refractivity contribution in [2.24, 2.45) is 0 Å². The molecule has 5 nitrogen and oxygen atoms in total. The van der Waals surface area contributed by atoms with E-state index in [0.717, 1.165) is 12.1 Å². The van der Waals surface area contributed by atoms with Crippen LogP contribution in [0, 0.1) is 0 Å². The van der Waals surface area contributed by atoms with Gasteiger partial charge < -0.3 is 19.5 Å². The van der Waals surface area contributed by atoms with E-state index < -0.39 is 5.97 Å². The zero-order valence-corrected chi connectivity index (χ0v) is 11.0. The summed E-state index contributed by atoms with van der Waals surface area (Å²) in [6.45, 7) is 3.41. The van der Waals surface area contributed by atoms with Gasteiger partial charge >= 0.3 is 5.97 Å². The highest BCUT2D eigenvalue weighted by atomic mass is 16.6. The number of benzene rings is 1. The van der Waals surface area contributed by atoms with Crippen molar-refractivity contribution < 1.29 is 19.0 Å². The number of methoxy groups -OCH3 is 2. The fraction of sp³-hybridized carbons (Fsp3) is 0.462. The third-order valence-electron chi connectivity index (χ3n) is 2.41.